The Hall–Kier alpha value is 0.260. The van der Waals surface area contributed by atoms with Crippen molar-refractivity contribution in [1.82, 2.24) is 4.72 Å². The van der Waals surface area contributed by atoms with Gasteiger partial charge in [-0.15, -0.1) is 4.72 Å². The maximum atomic E-state index is 12.0. The highest BCUT2D eigenvalue weighted by molar-refractivity contribution is 9.10. The minimum absolute atomic E-state index is 0.00921. The Balaban J connectivity index is 2.79. The summed E-state index contributed by atoms with van der Waals surface area (Å²) in [6.45, 7) is 7.80. The monoisotopic (exact) mass is 337 g/mol. The predicted molar refractivity (Wildman–Crippen MR) is 78.6 cm³/mol. The van der Waals surface area contributed by atoms with Crippen LogP contribution in [0.2, 0.25) is 5.02 Å². The second-order valence-corrected chi connectivity index (χ2v) is 8.27. The van der Waals surface area contributed by atoms with Crippen molar-refractivity contribution in [1.29, 1.82) is 0 Å². The van der Waals surface area contributed by atoms with Crippen molar-refractivity contribution >= 4 is 38.9 Å². The van der Waals surface area contributed by atoms with Gasteiger partial charge in [-0.1, -0.05) is 27.5 Å². The van der Waals surface area contributed by atoms with Gasteiger partial charge in [0.25, 0.3) is 0 Å². The fourth-order valence-electron chi connectivity index (χ4n) is 1.23. The van der Waals surface area contributed by atoms with Crippen LogP contribution in [0.25, 0.3) is 0 Å². The van der Waals surface area contributed by atoms with Gasteiger partial charge in [-0.3, -0.25) is 0 Å². The lowest BCUT2D eigenvalue weighted by atomic mass is 10.1. The van der Waals surface area contributed by atoms with E-state index in [0.717, 1.165) is 10.0 Å². The standard InChI is InChI=1S/C12H17BrClNOS/c1-8(15-17(16)12(2,3)4)9-5-10(13)7-11(14)6-9/h5-8,15H,1-4H3/t8-,17+/m1/s1. The smallest absolute Gasteiger partial charge is 0.136 e. The summed E-state index contributed by atoms with van der Waals surface area (Å²) in [5.41, 5.74) is 1.02. The summed E-state index contributed by atoms with van der Waals surface area (Å²) in [7, 11) is 0. The Morgan fingerprint density at radius 3 is 2.41 bits per heavy atom. The van der Waals surface area contributed by atoms with E-state index in [1.165, 1.54) is 0 Å². The van der Waals surface area contributed by atoms with Crippen molar-refractivity contribution in [2.75, 3.05) is 0 Å². The van der Waals surface area contributed by atoms with Crippen LogP contribution >= 0.6 is 27.5 Å². The molecule has 2 atom stereocenters. The van der Waals surface area contributed by atoms with Crippen LogP contribution in [0, 0.1) is 0 Å². The molecule has 1 N–H and O–H groups in total. The molecule has 0 fully saturated rings. The first-order valence-corrected chi connectivity index (χ1v) is 7.66. The van der Waals surface area contributed by atoms with Crippen LogP contribution in [0.3, 0.4) is 0 Å². The number of nitrogens with one attached hydrogen (secondary N) is 1. The van der Waals surface area contributed by atoms with Crippen LogP contribution in [0.1, 0.15) is 39.3 Å². The van der Waals surface area contributed by atoms with Gasteiger partial charge in [0.05, 0.1) is 6.04 Å². The lowest BCUT2D eigenvalue weighted by Crippen LogP contribution is -2.40. The molecule has 0 amide bonds. The van der Waals surface area contributed by atoms with E-state index in [-0.39, 0.29) is 10.8 Å². The number of rotatable bonds is 3. The molecular weight excluding hydrogens is 322 g/mol. The molecule has 96 valence electrons. The Bertz CT molecular complexity index is 374. The summed E-state index contributed by atoms with van der Waals surface area (Å²) in [6, 6.07) is 5.68. The average molecular weight is 339 g/mol. The van der Waals surface area contributed by atoms with Crippen molar-refractivity contribution < 1.29 is 4.55 Å². The van der Waals surface area contributed by atoms with Gasteiger partial charge in [0, 0.05) is 20.9 Å². The molecule has 17 heavy (non-hydrogen) atoms. The van der Waals surface area contributed by atoms with Crippen molar-refractivity contribution in [2.45, 2.75) is 38.5 Å². The normalized spacial score (nSPS) is 15.7. The zero-order valence-corrected chi connectivity index (χ0v) is 13.5. The molecule has 1 aromatic rings. The topological polar surface area (TPSA) is 35.1 Å². The molecule has 0 spiro atoms. The van der Waals surface area contributed by atoms with E-state index in [0.29, 0.717) is 5.02 Å². The molecule has 2 nitrogen and oxygen atoms in total. The highest BCUT2D eigenvalue weighted by Gasteiger charge is 2.28. The maximum absolute atomic E-state index is 12.0. The molecule has 0 radical (unpaired) electrons. The van der Waals surface area contributed by atoms with Gasteiger partial charge in [0.2, 0.25) is 0 Å². The maximum Gasteiger partial charge on any atom is 0.136 e. The SMILES string of the molecule is C[C@@H](N[S@@+]([O-])C(C)(C)C)c1cc(Cl)cc(Br)c1. The molecule has 0 aliphatic carbocycles. The third-order valence-electron chi connectivity index (χ3n) is 2.22. The second kappa shape index (κ2) is 5.93. The molecule has 0 saturated carbocycles. The highest BCUT2D eigenvalue weighted by atomic mass is 79.9. The van der Waals surface area contributed by atoms with Crippen LogP contribution in [-0.4, -0.2) is 9.30 Å². The van der Waals surface area contributed by atoms with Gasteiger partial charge in [0.1, 0.15) is 4.75 Å². The first-order valence-electron chi connectivity index (χ1n) is 5.34. The molecular formula is C12H17BrClNOS. The van der Waals surface area contributed by atoms with Crippen LogP contribution in [0.15, 0.2) is 22.7 Å². The van der Waals surface area contributed by atoms with Gasteiger partial charge in [-0.25, -0.2) is 0 Å². The third kappa shape index (κ3) is 4.79. The number of benzene rings is 1. The zero-order valence-electron chi connectivity index (χ0n) is 10.4. The van der Waals surface area contributed by atoms with Gasteiger partial charge in [-0.2, -0.15) is 0 Å². The lowest BCUT2D eigenvalue weighted by molar-refractivity contribution is 0.531. The van der Waals surface area contributed by atoms with E-state index in [2.05, 4.69) is 20.7 Å². The molecule has 1 aromatic carbocycles. The van der Waals surface area contributed by atoms with Crippen molar-refractivity contribution in [3.63, 3.8) is 0 Å². The molecule has 0 bridgehead atoms. The quantitative estimate of drug-likeness (QED) is 0.838. The second-order valence-electron chi connectivity index (χ2n) is 4.92. The van der Waals surface area contributed by atoms with Crippen LogP contribution in [0.5, 0.6) is 0 Å². The first-order chi connectivity index (χ1) is 7.70. The molecule has 0 aliphatic heterocycles. The van der Waals surface area contributed by atoms with E-state index >= 15 is 0 Å². The molecule has 0 saturated heterocycles. The van der Waals surface area contributed by atoms with E-state index in [1.54, 1.807) is 0 Å². The molecule has 0 unspecified atom stereocenters. The third-order valence-corrected chi connectivity index (χ3v) is 4.58. The molecule has 0 aliphatic rings. The van der Waals surface area contributed by atoms with E-state index in [4.69, 9.17) is 11.6 Å². The van der Waals surface area contributed by atoms with Crippen LogP contribution in [-0.2, 0) is 11.4 Å². The van der Waals surface area contributed by atoms with Crippen molar-refractivity contribution in [2.24, 2.45) is 0 Å². The molecule has 1 rings (SSSR count). The Labute approximate surface area is 120 Å². The zero-order chi connectivity index (χ0) is 13.2. The van der Waals surface area contributed by atoms with Gasteiger partial charge in [-0.05, 0) is 51.5 Å². The summed E-state index contributed by atoms with van der Waals surface area (Å²) >= 11 is 8.30. The van der Waals surface area contributed by atoms with Crippen molar-refractivity contribution in [3.8, 4) is 0 Å². The highest BCUT2D eigenvalue weighted by Crippen LogP contribution is 2.25. The predicted octanol–water partition coefficient (Wildman–Crippen LogP) is 4.22. The Kier molecular flexibility index (Phi) is 5.35. The van der Waals surface area contributed by atoms with Gasteiger partial charge < -0.3 is 4.55 Å². The lowest BCUT2D eigenvalue weighted by Gasteiger charge is -2.26. The summed E-state index contributed by atoms with van der Waals surface area (Å²) in [5, 5.41) is 0.671. The Morgan fingerprint density at radius 1 is 1.35 bits per heavy atom. The van der Waals surface area contributed by atoms with Crippen LogP contribution < -0.4 is 4.72 Å². The van der Waals surface area contributed by atoms with Crippen LogP contribution in [0.4, 0.5) is 0 Å². The summed E-state index contributed by atoms with van der Waals surface area (Å²) in [4.78, 5) is 0. The van der Waals surface area contributed by atoms with E-state index < -0.39 is 11.4 Å². The number of hydrogen-bond donors (Lipinski definition) is 1. The van der Waals surface area contributed by atoms with Gasteiger partial charge in [0.15, 0.2) is 0 Å². The van der Waals surface area contributed by atoms with Crippen molar-refractivity contribution in [3.05, 3.63) is 33.3 Å². The summed E-state index contributed by atoms with van der Waals surface area (Å²) < 4.78 is 15.7. The fourth-order valence-corrected chi connectivity index (χ4v) is 2.93. The molecule has 0 aromatic heterocycles. The first kappa shape index (κ1) is 15.3. The Morgan fingerprint density at radius 2 is 1.94 bits per heavy atom. The summed E-state index contributed by atoms with van der Waals surface area (Å²) in [6.07, 6.45) is 0. The summed E-state index contributed by atoms with van der Waals surface area (Å²) in [5.74, 6) is 0. The van der Waals surface area contributed by atoms with Gasteiger partial charge >= 0.3 is 0 Å². The number of hydrogen-bond acceptors (Lipinski definition) is 2. The fraction of sp³-hybridized carbons (Fsp3) is 0.500. The largest absolute Gasteiger partial charge is 0.598 e. The van der Waals surface area contributed by atoms with E-state index in [1.807, 2.05) is 45.9 Å². The molecule has 5 heteroatoms. The molecule has 0 heterocycles. The van der Waals surface area contributed by atoms with E-state index in [9.17, 15) is 4.55 Å². The average Bonchev–Trinajstić information content (AvgIpc) is 2.14. The minimum atomic E-state index is -1.09. The number of halogens is 2. The minimum Gasteiger partial charge on any atom is -0.598 e.